The molecule has 0 bridgehead atoms. The Bertz CT molecular complexity index is 3420. The van der Waals surface area contributed by atoms with Gasteiger partial charge < -0.3 is 13.7 Å². The second kappa shape index (κ2) is 13.7. The molecule has 282 valence electrons. The number of aromatic nitrogens is 3. The van der Waals surface area contributed by atoms with Crippen molar-refractivity contribution in [2.45, 2.75) is 0 Å². The van der Waals surface area contributed by atoms with Gasteiger partial charge in [0.05, 0.1) is 33.1 Å². The first-order chi connectivity index (χ1) is 29.8. The van der Waals surface area contributed by atoms with Crippen LogP contribution in [0, 0.1) is 0 Å². The minimum atomic E-state index is -2.77. The zero-order chi connectivity index (χ0) is 39.6. The highest BCUT2D eigenvalue weighted by atomic mass is 28.3. The monoisotopic (exact) mass is 781 g/mol. The molecular weight excluding hydrogens is 743 g/mol. The van der Waals surface area contributed by atoms with Crippen LogP contribution >= 0.6 is 0 Å². The molecule has 12 rings (SSSR count). The van der Waals surface area contributed by atoms with Crippen LogP contribution in [0.3, 0.4) is 0 Å². The molecule has 3 nitrogen and oxygen atoms in total. The number of nitrogens with zero attached hydrogens (tertiary/aromatic N) is 3. The topological polar surface area (TPSA) is 14.8 Å². The predicted molar refractivity (Wildman–Crippen MR) is 256 cm³/mol. The van der Waals surface area contributed by atoms with Crippen LogP contribution in [0.4, 0.5) is 0 Å². The fourth-order valence-electron chi connectivity index (χ4n) is 10.2. The minimum Gasteiger partial charge on any atom is -0.309 e. The molecule has 12 aromatic rings. The molecule has 0 spiro atoms. The summed E-state index contributed by atoms with van der Waals surface area (Å²) in [6.45, 7) is 0. The highest BCUT2D eigenvalue weighted by molar-refractivity contribution is 7.19. The molecule has 0 N–H and O–H groups in total. The van der Waals surface area contributed by atoms with E-state index in [1.807, 2.05) is 0 Å². The molecule has 0 saturated carbocycles. The van der Waals surface area contributed by atoms with Crippen LogP contribution in [0.1, 0.15) is 0 Å². The Morgan fingerprint density at radius 2 is 0.683 bits per heavy atom. The fourth-order valence-corrected chi connectivity index (χ4v) is 15.0. The molecule has 0 saturated heterocycles. The highest BCUT2D eigenvalue weighted by Gasteiger charge is 2.41. The summed E-state index contributed by atoms with van der Waals surface area (Å²) >= 11 is 0. The molecule has 0 unspecified atom stereocenters. The number of rotatable bonds is 7. The van der Waals surface area contributed by atoms with Crippen molar-refractivity contribution in [1.82, 2.24) is 13.7 Å². The lowest BCUT2D eigenvalue weighted by Gasteiger charge is -2.34. The van der Waals surface area contributed by atoms with Crippen LogP contribution in [-0.2, 0) is 0 Å². The van der Waals surface area contributed by atoms with Crippen LogP contribution in [0.15, 0.2) is 237 Å². The van der Waals surface area contributed by atoms with Gasteiger partial charge in [-0.05, 0) is 81.4 Å². The van der Waals surface area contributed by atoms with Crippen molar-refractivity contribution in [2.24, 2.45) is 0 Å². The van der Waals surface area contributed by atoms with E-state index in [4.69, 9.17) is 0 Å². The normalized spacial score (nSPS) is 12.0. The number of hydrogen-bond acceptors (Lipinski definition) is 0. The smallest absolute Gasteiger partial charge is 0.179 e. The second-order valence-electron chi connectivity index (χ2n) is 15.7. The maximum Gasteiger partial charge on any atom is 0.179 e. The number of benzene rings is 9. The molecule has 9 aromatic carbocycles. The minimum absolute atomic E-state index is 1.14. The van der Waals surface area contributed by atoms with E-state index in [1.54, 1.807) is 0 Å². The Hall–Kier alpha value is -7.66. The molecule has 0 radical (unpaired) electrons. The zero-order valence-electron chi connectivity index (χ0n) is 32.9. The lowest BCUT2D eigenvalue weighted by atomic mass is 10.1. The number of fused-ring (bicyclic) bond motifs is 9. The molecule has 0 amide bonds. The summed E-state index contributed by atoms with van der Waals surface area (Å²) in [5, 5.41) is 10.4. The molecule has 0 fully saturated rings. The molecule has 0 aliphatic heterocycles. The van der Waals surface area contributed by atoms with Gasteiger partial charge in [0.15, 0.2) is 8.07 Å². The van der Waals surface area contributed by atoms with Gasteiger partial charge in [-0.2, -0.15) is 0 Å². The lowest BCUT2D eigenvalue weighted by Crippen LogP contribution is -2.74. The maximum absolute atomic E-state index is 2.77. The van der Waals surface area contributed by atoms with Crippen LogP contribution < -0.4 is 20.7 Å². The highest BCUT2D eigenvalue weighted by Crippen LogP contribution is 2.45. The maximum atomic E-state index is 2.53. The van der Waals surface area contributed by atoms with E-state index in [0.717, 1.165) is 17.1 Å². The average Bonchev–Trinajstić information content (AvgIpc) is 3.97. The van der Waals surface area contributed by atoms with Gasteiger partial charge in [-0.3, -0.25) is 0 Å². The van der Waals surface area contributed by atoms with Crippen molar-refractivity contribution >= 4 is 83.5 Å². The summed E-state index contributed by atoms with van der Waals surface area (Å²) in [6.07, 6.45) is 0. The molecular formula is C56H39N3Si. The molecule has 0 atom stereocenters. The van der Waals surface area contributed by atoms with E-state index >= 15 is 0 Å². The van der Waals surface area contributed by atoms with Gasteiger partial charge in [0, 0.05) is 38.6 Å². The van der Waals surface area contributed by atoms with Crippen molar-refractivity contribution in [1.29, 1.82) is 0 Å². The first kappa shape index (κ1) is 34.4. The Labute approximate surface area is 349 Å². The van der Waals surface area contributed by atoms with E-state index in [2.05, 4.69) is 250 Å². The van der Waals surface area contributed by atoms with Crippen LogP contribution in [0.2, 0.25) is 0 Å². The number of para-hydroxylation sites is 4. The summed E-state index contributed by atoms with van der Waals surface area (Å²) < 4.78 is 7.49. The molecule has 60 heavy (non-hydrogen) atoms. The molecule has 3 heterocycles. The second-order valence-corrected chi connectivity index (χ2v) is 19.5. The van der Waals surface area contributed by atoms with Crippen LogP contribution in [0.5, 0.6) is 0 Å². The third kappa shape index (κ3) is 4.95. The van der Waals surface area contributed by atoms with E-state index in [9.17, 15) is 0 Å². The van der Waals surface area contributed by atoms with Gasteiger partial charge in [0.25, 0.3) is 0 Å². The van der Waals surface area contributed by atoms with Crippen molar-refractivity contribution in [3.05, 3.63) is 237 Å². The van der Waals surface area contributed by atoms with Gasteiger partial charge >= 0.3 is 0 Å². The molecule has 3 aromatic heterocycles. The van der Waals surface area contributed by atoms with E-state index < -0.39 is 8.07 Å². The standard InChI is InChI=1S/C56H39N3Si/c1-6-21-40(22-7-1)58-51-36-19-17-34-48(51)55-56(58)49-37-38-52-53(54(49)59(55)41-23-8-2-9-24-41)47-33-16-18-35-50(47)57(52)42-25-20-32-46(39-42)60(43-26-10-3-11-27-43,44-28-12-4-13-29-44)45-30-14-5-15-31-45/h1-39H. The zero-order valence-corrected chi connectivity index (χ0v) is 33.9. The summed E-state index contributed by atoms with van der Waals surface area (Å²) in [4.78, 5) is 0. The van der Waals surface area contributed by atoms with Crippen molar-refractivity contribution < 1.29 is 0 Å². The predicted octanol–water partition coefficient (Wildman–Crippen LogP) is 11.2. The summed E-state index contributed by atoms with van der Waals surface area (Å²) in [6, 6.07) is 87.3. The van der Waals surface area contributed by atoms with Gasteiger partial charge in [-0.25, -0.2) is 0 Å². The summed E-state index contributed by atoms with van der Waals surface area (Å²) in [7, 11) is -2.77. The Kier molecular flexibility index (Phi) is 7.87. The number of hydrogen-bond donors (Lipinski definition) is 0. The quantitative estimate of drug-likeness (QED) is 0.113. The first-order valence-electron chi connectivity index (χ1n) is 20.7. The average molecular weight is 782 g/mol. The van der Waals surface area contributed by atoms with Gasteiger partial charge in [0.2, 0.25) is 0 Å². The SMILES string of the molecule is c1ccc(-n2c3ccccc3c3c2c2ccc4c(c5ccccc5n4-c4cccc([Si](c5ccccc5)(c5ccccc5)c5ccccc5)c4)c2n3-c2ccccc2)cc1. The van der Waals surface area contributed by atoms with E-state index in [1.165, 1.54) is 75.4 Å². The Morgan fingerprint density at radius 1 is 0.250 bits per heavy atom. The third-order valence-corrected chi connectivity index (χ3v) is 17.3. The van der Waals surface area contributed by atoms with Gasteiger partial charge in [0.1, 0.15) is 0 Å². The Morgan fingerprint density at radius 3 is 1.27 bits per heavy atom. The van der Waals surface area contributed by atoms with E-state index in [0.29, 0.717) is 0 Å². The summed E-state index contributed by atoms with van der Waals surface area (Å²) in [5.74, 6) is 0. The third-order valence-electron chi connectivity index (χ3n) is 12.5. The lowest BCUT2D eigenvalue weighted by molar-refractivity contribution is 1.17. The summed E-state index contributed by atoms with van der Waals surface area (Å²) in [5.41, 5.74) is 10.7. The first-order valence-corrected chi connectivity index (χ1v) is 22.7. The van der Waals surface area contributed by atoms with E-state index in [-0.39, 0.29) is 0 Å². The van der Waals surface area contributed by atoms with Gasteiger partial charge in [-0.1, -0.05) is 176 Å². The van der Waals surface area contributed by atoms with Crippen LogP contribution in [0.25, 0.3) is 71.7 Å². The Balaban J connectivity index is 1.21. The van der Waals surface area contributed by atoms with Crippen LogP contribution in [-0.4, -0.2) is 21.8 Å². The fraction of sp³-hybridized carbons (Fsp3) is 0. The molecule has 0 aliphatic rings. The van der Waals surface area contributed by atoms with Crippen molar-refractivity contribution in [3.63, 3.8) is 0 Å². The van der Waals surface area contributed by atoms with Crippen molar-refractivity contribution in [2.75, 3.05) is 0 Å². The molecule has 4 heteroatoms. The van der Waals surface area contributed by atoms with Crippen molar-refractivity contribution in [3.8, 4) is 17.1 Å². The molecule has 0 aliphatic carbocycles. The van der Waals surface area contributed by atoms with Gasteiger partial charge in [-0.15, -0.1) is 0 Å². The largest absolute Gasteiger partial charge is 0.309 e.